The Bertz CT molecular complexity index is 507. The third-order valence-corrected chi connectivity index (χ3v) is 2.82. The Balaban J connectivity index is 3.35. The molecule has 1 aromatic rings. The monoisotopic (exact) mass is 294 g/mol. The molecule has 0 fully saturated rings. The van der Waals surface area contributed by atoms with Crippen LogP contribution in [0.25, 0.3) is 0 Å². The van der Waals surface area contributed by atoms with E-state index in [2.05, 4.69) is 15.0 Å². The fraction of sp³-hybridized carbons (Fsp3) is 0.545. The molecule has 0 N–H and O–H groups in total. The number of hydrogen-bond acceptors (Lipinski definition) is 7. The van der Waals surface area contributed by atoms with E-state index in [0.717, 1.165) is 0 Å². The minimum Gasteiger partial charge on any atom is -0.354 e. The Morgan fingerprint density at radius 2 is 1.30 bits per heavy atom. The fourth-order valence-corrected chi connectivity index (χ4v) is 1.34. The second-order valence-corrected chi connectivity index (χ2v) is 5.00. The van der Waals surface area contributed by atoms with Crippen LogP contribution in [0.2, 0.25) is 0 Å². The Morgan fingerprint density at radius 1 is 0.900 bits per heavy atom. The maximum Gasteiger partial charge on any atom is 0.252 e. The molecule has 0 atom stereocenters. The second kappa shape index (κ2) is 6.29. The third-order valence-electron chi connectivity index (χ3n) is 2.27. The predicted molar refractivity (Wildman–Crippen MR) is 82.9 cm³/mol. The minimum absolute atomic E-state index is 0.202. The molecule has 1 aromatic heterocycles. The molecule has 0 radical (unpaired) electrons. The Hall–Kier alpha value is -2.21. The number of thiocarbonyl (C=S) groups is 1. The molecule has 1 rings (SSSR count). The first-order valence-electron chi connectivity index (χ1n) is 5.79. The Morgan fingerprint density at radius 3 is 1.60 bits per heavy atom. The van der Waals surface area contributed by atoms with Crippen LogP contribution in [0.1, 0.15) is 0 Å². The summed E-state index contributed by atoms with van der Waals surface area (Å²) in [6, 6.07) is 0. The molecule has 0 spiro atoms. The molecular formula is C11H18N8S. The number of nitriles is 1. The highest BCUT2D eigenvalue weighted by molar-refractivity contribution is 7.80. The van der Waals surface area contributed by atoms with Crippen molar-refractivity contribution in [2.75, 3.05) is 57.0 Å². The fourth-order valence-electron chi connectivity index (χ4n) is 1.22. The average Bonchev–Trinajstić information content (AvgIpc) is 2.38. The molecule has 0 amide bonds. The van der Waals surface area contributed by atoms with Crippen LogP contribution in [-0.4, -0.2) is 67.3 Å². The van der Waals surface area contributed by atoms with Crippen molar-refractivity contribution in [3.63, 3.8) is 0 Å². The van der Waals surface area contributed by atoms with Crippen molar-refractivity contribution in [2.45, 2.75) is 0 Å². The van der Waals surface area contributed by atoms with E-state index in [4.69, 9.17) is 12.2 Å². The molecule has 8 nitrogen and oxygen atoms in total. The minimum atomic E-state index is 0.202. The highest BCUT2D eigenvalue weighted by atomic mass is 32.1. The van der Waals surface area contributed by atoms with Crippen LogP contribution in [0, 0.1) is 11.5 Å². The van der Waals surface area contributed by atoms with Gasteiger partial charge in [-0.2, -0.15) is 25.1 Å². The van der Waals surface area contributed by atoms with Crippen molar-refractivity contribution < 1.29 is 0 Å². The van der Waals surface area contributed by atoms with Crippen molar-refractivity contribution >= 4 is 35.2 Å². The van der Waals surface area contributed by atoms with Crippen LogP contribution in [0.5, 0.6) is 0 Å². The summed E-state index contributed by atoms with van der Waals surface area (Å²) in [7, 11) is 10.8. The summed E-state index contributed by atoms with van der Waals surface area (Å²) in [5.41, 5.74) is 0. The SMILES string of the molecule is CN(C)C(=S)N(C#N)c1nc(N(C)C)nc(N(C)C)n1. The standard InChI is InChI=1S/C11H18N8S/c1-16(2)8-13-9(17(3)4)15-10(14-8)19(7-12)11(20)18(5)6/h1-6H3. The predicted octanol–water partition coefficient (Wildman–Crippen LogP) is 0.138. The third kappa shape index (κ3) is 3.42. The van der Waals surface area contributed by atoms with Crippen molar-refractivity contribution in [3.05, 3.63) is 0 Å². The maximum atomic E-state index is 9.29. The van der Waals surface area contributed by atoms with E-state index in [9.17, 15) is 5.26 Å². The quantitative estimate of drug-likeness (QED) is 0.439. The molecule has 9 heteroatoms. The van der Waals surface area contributed by atoms with E-state index >= 15 is 0 Å². The molecule has 1 heterocycles. The molecule has 0 bridgehead atoms. The van der Waals surface area contributed by atoms with Gasteiger partial charge in [0.1, 0.15) is 0 Å². The molecule has 0 unspecified atom stereocenters. The maximum absolute atomic E-state index is 9.29. The highest BCUT2D eigenvalue weighted by Crippen LogP contribution is 2.17. The van der Waals surface area contributed by atoms with Gasteiger partial charge >= 0.3 is 0 Å². The Kier molecular flexibility index (Phi) is 4.99. The molecular weight excluding hydrogens is 276 g/mol. The van der Waals surface area contributed by atoms with Gasteiger partial charge in [0, 0.05) is 42.3 Å². The molecule has 0 aliphatic heterocycles. The first kappa shape index (κ1) is 15.8. The molecule has 20 heavy (non-hydrogen) atoms. The van der Waals surface area contributed by atoms with Gasteiger partial charge in [-0.3, -0.25) is 0 Å². The van der Waals surface area contributed by atoms with Crippen molar-refractivity contribution in [1.29, 1.82) is 5.26 Å². The summed E-state index contributed by atoms with van der Waals surface area (Å²) in [5.74, 6) is 1.12. The van der Waals surface area contributed by atoms with Crippen LogP contribution in [0.4, 0.5) is 17.8 Å². The number of hydrogen-bond donors (Lipinski definition) is 0. The lowest BCUT2D eigenvalue weighted by molar-refractivity contribution is 0.624. The van der Waals surface area contributed by atoms with Crippen LogP contribution in [0.3, 0.4) is 0 Å². The molecule has 0 aliphatic carbocycles. The molecule has 108 valence electrons. The van der Waals surface area contributed by atoms with Gasteiger partial charge in [0.2, 0.25) is 11.9 Å². The van der Waals surface area contributed by atoms with E-state index in [1.54, 1.807) is 28.8 Å². The summed E-state index contributed by atoms with van der Waals surface area (Å²) in [4.78, 5) is 19.1. The van der Waals surface area contributed by atoms with E-state index in [0.29, 0.717) is 17.0 Å². The first-order valence-corrected chi connectivity index (χ1v) is 6.20. The molecule has 0 saturated heterocycles. The van der Waals surface area contributed by atoms with Crippen LogP contribution in [0.15, 0.2) is 0 Å². The van der Waals surface area contributed by atoms with E-state index < -0.39 is 0 Å². The molecule has 0 saturated carbocycles. The zero-order chi connectivity index (χ0) is 15.4. The van der Waals surface area contributed by atoms with Gasteiger partial charge in [0.05, 0.1) is 0 Å². The number of aromatic nitrogens is 3. The van der Waals surface area contributed by atoms with Gasteiger partial charge in [-0.15, -0.1) is 0 Å². The van der Waals surface area contributed by atoms with Crippen LogP contribution >= 0.6 is 12.2 Å². The number of nitrogens with zero attached hydrogens (tertiary/aromatic N) is 8. The highest BCUT2D eigenvalue weighted by Gasteiger charge is 2.20. The van der Waals surface area contributed by atoms with Crippen molar-refractivity contribution in [3.8, 4) is 6.19 Å². The average molecular weight is 294 g/mol. The van der Waals surface area contributed by atoms with Gasteiger partial charge in [0.25, 0.3) is 5.95 Å². The lowest BCUT2D eigenvalue weighted by atomic mass is 10.6. The summed E-state index contributed by atoms with van der Waals surface area (Å²) in [6.07, 6.45) is 1.99. The topological polar surface area (TPSA) is 75.4 Å². The summed E-state index contributed by atoms with van der Waals surface area (Å²) in [5, 5.41) is 9.60. The zero-order valence-electron chi connectivity index (χ0n) is 12.5. The van der Waals surface area contributed by atoms with E-state index in [1.807, 2.05) is 34.4 Å². The number of anilines is 3. The van der Waals surface area contributed by atoms with Crippen molar-refractivity contribution in [1.82, 2.24) is 19.9 Å². The normalized spacial score (nSPS) is 9.65. The number of rotatable bonds is 3. The lowest BCUT2D eigenvalue weighted by Crippen LogP contribution is -2.37. The van der Waals surface area contributed by atoms with Gasteiger partial charge in [-0.25, -0.2) is 0 Å². The van der Waals surface area contributed by atoms with Crippen LogP contribution < -0.4 is 14.7 Å². The largest absolute Gasteiger partial charge is 0.354 e. The summed E-state index contributed by atoms with van der Waals surface area (Å²) in [6.45, 7) is 0. The van der Waals surface area contributed by atoms with Gasteiger partial charge in [0.15, 0.2) is 11.3 Å². The molecule has 0 aliphatic rings. The summed E-state index contributed by atoms with van der Waals surface area (Å²) < 4.78 is 0. The van der Waals surface area contributed by atoms with Gasteiger partial charge < -0.3 is 14.7 Å². The first-order chi connectivity index (χ1) is 9.27. The zero-order valence-corrected chi connectivity index (χ0v) is 13.3. The second-order valence-electron chi connectivity index (χ2n) is 4.64. The van der Waals surface area contributed by atoms with Gasteiger partial charge in [-0.05, 0) is 12.2 Å². The molecule has 0 aromatic carbocycles. The Labute approximate surface area is 124 Å². The van der Waals surface area contributed by atoms with Gasteiger partial charge in [-0.1, -0.05) is 0 Å². The van der Waals surface area contributed by atoms with Crippen LogP contribution in [-0.2, 0) is 0 Å². The smallest absolute Gasteiger partial charge is 0.252 e. The van der Waals surface area contributed by atoms with Crippen molar-refractivity contribution in [2.24, 2.45) is 0 Å². The summed E-state index contributed by atoms with van der Waals surface area (Å²) >= 11 is 5.20. The van der Waals surface area contributed by atoms with E-state index in [-0.39, 0.29) is 5.95 Å². The lowest BCUT2D eigenvalue weighted by Gasteiger charge is -2.22. The van der Waals surface area contributed by atoms with E-state index in [1.165, 1.54) is 4.90 Å².